The first-order valence-corrected chi connectivity index (χ1v) is 11.7. The Bertz CT molecular complexity index is 1310. The van der Waals surface area contributed by atoms with Crippen molar-refractivity contribution in [2.24, 2.45) is 0 Å². The monoisotopic (exact) mass is 411 g/mol. The van der Waals surface area contributed by atoms with Gasteiger partial charge in [0.25, 0.3) is 0 Å². The van der Waals surface area contributed by atoms with Gasteiger partial charge in [-0.2, -0.15) is 0 Å². The summed E-state index contributed by atoms with van der Waals surface area (Å²) in [6.07, 6.45) is 0.837. The molecule has 0 heterocycles. The highest BCUT2D eigenvalue weighted by Crippen LogP contribution is 2.39. The normalized spacial score (nSPS) is 12.6. The van der Waals surface area contributed by atoms with E-state index in [2.05, 4.69) is 66.7 Å². The molecule has 0 aromatic heterocycles. The third kappa shape index (κ3) is 3.29. The van der Waals surface area contributed by atoms with Crippen molar-refractivity contribution in [1.29, 1.82) is 0 Å². The Hall–Kier alpha value is -3.04. The molecule has 1 unspecified atom stereocenters. The van der Waals surface area contributed by atoms with E-state index in [1.807, 2.05) is 25.1 Å². The Morgan fingerprint density at radius 1 is 0.767 bits per heavy atom. The molecule has 0 saturated heterocycles. The number of carbonyl (C=O) groups excluding carboxylic acids is 1. The van der Waals surface area contributed by atoms with Crippen molar-refractivity contribution in [3.8, 4) is 0 Å². The summed E-state index contributed by atoms with van der Waals surface area (Å²) in [5, 5.41) is 7.57. The summed E-state index contributed by atoms with van der Waals surface area (Å²) in [6.45, 7) is 2.49. The van der Waals surface area contributed by atoms with Crippen LogP contribution in [-0.4, -0.2) is 18.3 Å². The summed E-state index contributed by atoms with van der Waals surface area (Å²) in [4.78, 5) is 15.0. The second-order valence-corrected chi connectivity index (χ2v) is 9.47. The predicted octanol–water partition coefficient (Wildman–Crippen LogP) is 6.57. The molecule has 5 aromatic rings. The van der Waals surface area contributed by atoms with Crippen LogP contribution in [0.25, 0.3) is 32.3 Å². The maximum atomic E-state index is 12.6. The number of carbonyl (C=O) groups is 1. The first-order valence-electron chi connectivity index (χ1n) is 10.3. The third-order valence-corrected chi connectivity index (χ3v) is 7.76. The Balaban J connectivity index is 1.72. The van der Waals surface area contributed by atoms with Crippen LogP contribution in [0, 0.1) is 0 Å². The van der Waals surface area contributed by atoms with Crippen molar-refractivity contribution in [3.63, 3.8) is 0 Å². The van der Waals surface area contributed by atoms with Crippen LogP contribution in [0.2, 0.25) is 0 Å². The van der Waals surface area contributed by atoms with Crippen molar-refractivity contribution >= 4 is 49.2 Å². The van der Waals surface area contributed by atoms with E-state index < -0.39 is 10.9 Å². The highest BCUT2D eigenvalue weighted by atomic mass is 32.2. The van der Waals surface area contributed by atoms with Crippen LogP contribution in [0.5, 0.6) is 0 Å². The number of esters is 1. The van der Waals surface area contributed by atoms with E-state index in [1.54, 1.807) is 0 Å². The molecule has 0 radical (unpaired) electrons. The molecule has 2 nitrogen and oxygen atoms in total. The first kappa shape index (κ1) is 19.0. The van der Waals surface area contributed by atoms with E-state index in [1.165, 1.54) is 42.1 Å². The average molecular weight is 412 g/mol. The van der Waals surface area contributed by atoms with Crippen molar-refractivity contribution in [2.75, 3.05) is 12.4 Å². The molecular weight excluding hydrogens is 388 g/mol. The Kier molecular flexibility index (Phi) is 5.06. The quantitative estimate of drug-likeness (QED) is 0.179. The van der Waals surface area contributed by atoms with Gasteiger partial charge in [0.2, 0.25) is 5.75 Å². The van der Waals surface area contributed by atoms with Crippen LogP contribution >= 0.6 is 0 Å². The fraction of sp³-hybridized carbons (Fsp3) is 0.148. The van der Waals surface area contributed by atoms with Gasteiger partial charge in [0, 0.05) is 10.8 Å². The Morgan fingerprint density at radius 2 is 1.43 bits per heavy atom. The first-order chi connectivity index (χ1) is 14.8. The van der Waals surface area contributed by atoms with Gasteiger partial charge in [0.1, 0.15) is 0 Å². The molecule has 0 aliphatic heterocycles. The number of benzene rings is 5. The second kappa shape index (κ2) is 8.00. The van der Waals surface area contributed by atoms with Crippen molar-refractivity contribution in [3.05, 3.63) is 84.9 Å². The van der Waals surface area contributed by atoms with Gasteiger partial charge in [-0.3, -0.25) is 0 Å². The fourth-order valence-electron chi connectivity index (χ4n) is 4.17. The Morgan fingerprint density at radius 3 is 2.17 bits per heavy atom. The lowest BCUT2D eigenvalue weighted by molar-refractivity contribution is -0.140. The summed E-state index contributed by atoms with van der Waals surface area (Å²) in [6, 6.07) is 30.0. The summed E-state index contributed by atoms with van der Waals surface area (Å²) in [7, 11) is -0.392. The van der Waals surface area contributed by atoms with Gasteiger partial charge in [-0.1, -0.05) is 61.5 Å². The molecule has 5 rings (SSSR count). The molecule has 0 N–H and O–H groups in total. The molecule has 1 atom stereocenters. The summed E-state index contributed by atoms with van der Waals surface area (Å²) >= 11 is 0. The zero-order valence-electron chi connectivity index (χ0n) is 16.9. The molecule has 0 fully saturated rings. The molecule has 3 heteroatoms. The van der Waals surface area contributed by atoms with Crippen molar-refractivity contribution < 1.29 is 9.53 Å². The van der Waals surface area contributed by atoms with Gasteiger partial charge in [0.05, 0.1) is 17.5 Å². The highest BCUT2D eigenvalue weighted by Gasteiger charge is 2.32. The maximum Gasteiger partial charge on any atom is 0.357 e. The molecule has 0 saturated carbocycles. The lowest BCUT2D eigenvalue weighted by atomic mass is 9.94. The molecular formula is C27H23O2S+. The number of hydrogen-bond donors (Lipinski definition) is 0. The van der Waals surface area contributed by atoms with Gasteiger partial charge < -0.3 is 4.74 Å². The zero-order chi connectivity index (χ0) is 20.5. The van der Waals surface area contributed by atoms with Gasteiger partial charge >= 0.3 is 5.97 Å². The summed E-state index contributed by atoms with van der Waals surface area (Å²) in [5.41, 5.74) is 0. The number of ether oxygens (including phenoxy) is 1. The van der Waals surface area contributed by atoms with Crippen LogP contribution in [0.15, 0.2) is 94.7 Å². The third-order valence-electron chi connectivity index (χ3n) is 5.51. The van der Waals surface area contributed by atoms with E-state index in [9.17, 15) is 4.79 Å². The maximum absolute atomic E-state index is 12.6. The summed E-state index contributed by atoms with van der Waals surface area (Å²) < 4.78 is 5.46. The molecule has 148 valence electrons. The molecule has 0 spiro atoms. The summed E-state index contributed by atoms with van der Waals surface area (Å²) in [5.74, 6) is 0.239. The lowest BCUT2D eigenvalue weighted by Crippen LogP contribution is -2.20. The van der Waals surface area contributed by atoms with E-state index >= 15 is 0 Å². The van der Waals surface area contributed by atoms with Crippen LogP contribution in [0.3, 0.4) is 0 Å². The smallest absolute Gasteiger partial charge is 0.357 e. The number of hydrogen-bond acceptors (Lipinski definition) is 2. The molecule has 0 bridgehead atoms. The fourth-order valence-corrected chi connectivity index (χ4v) is 6.22. The standard InChI is InChI=1S/C27H23O2S/c1-2-17-29-25(28)18-30(22-9-4-3-5-10-22)24-16-14-21-12-11-19-7-6-8-20-13-15-23(24)27(21)26(19)20/h3-16H,2,17-18H2,1H3/q+1. The zero-order valence-corrected chi connectivity index (χ0v) is 17.7. The molecule has 30 heavy (non-hydrogen) atoms. The predicted molar refractivity (Wildman–Crippen MR) is 127 cm³/mol. The van der Waals surface area contributed by atoms with Gasteiger partial charge in [-0.15, -0.1) is 0 Å². The molecule has 0 aliphatic rings. The van der Waals surface area contributed by atoms with Crippen molar-refractivity contribution in [1.82, 2.24) is 0 Å². The minimum Gasteiger partial charge on any atom is -0.462 e. The van der Waals surface area contributed by atoms with Gasteiger partial charge in [0.15, 0.2) is 9.79 Å². The van der Waals surface area contributed by atoms with E-state index in [0.717, 1.165) is 6.42 Å². The van der Waals surface area contributed by atoms with Gasteiger partial charge in [-0.25, -0.2) is 4.79 Å². The van der Waals surface area contributed by atoms with Crippen LogP contribution < -0.4 is 0 Å². The van der Waals surface area contributed by atoms with E-state index in [-0.39, 0.29) is 5.97 Å². The van der Waals surface area contributed by atoms with Crippen molar-refractivity contribution in [2.45, 2.75) is 23.1 Å². The van der Waals surface area contributed by atoms with Crippen LogP contribution in [0.1, 0.15) is 13.3 Å². The van der Waals surface area contributed by atoms with E-state index in [0.29, 0.717) is 12.4 Å². The van der Waals surface area contributed by atoms with Gasteiger partial charge in [-0.05, 0) is 58.3 Å². The molecule has 0 aliphatic carbocycles. The lowest BCUT2D eigenvalue weighted by Gasteiger charge is -2.14. The molecule has 0 amide bonds. The average Bonchev–Trinajstić information content (AvgIpc) is 2.80. The molecule has 5 aromatic carbocycles. The second-order valence-electron chi connectivity index (χ2n) is 7.49. The largest absolute Gasteiger partial charge is 0.462 e. The minimum absolute atomic E-state index is 0.130. The highest BCUT2D eigenvalue weighted by molar-refractivity contribution is 7.97. The number of rotatable bonds is 6. The minimum atomic E-state index is -0.392. The SMILES string of the molecule is CCCOC(=O)C[S+](c1ccccc1)c1ccc2ccc3cccc4ccc1c2c34. The Labute approximate surface area is 179 Å². The van der Waals surface area contributed by atoms with E-state index in [4.69, 9.17) is 4.74 Å². The van der Waals surface area contributed by atoms with Crippen LogP contribution in [0.4, 0.5) is 0 Å². The van der Waals surface area contributed by atoms with Crippen LogP contribution in [-0.2, 0) is 20.4 Å². The topological polar surface area (TPSA) is 26.3 Å².